The van der Waals surface area contributed by atoms with Gasteiger partial charge in [0.2, 0.25) is 0 Å². The zero-order valence-corrected chi connectivity index (χ0v) is 11.6. The Morgan fingerprint density at radius 3 is 2.89 bits per heavy atom. The number of ether oxygens (including phenoxy) is 1. The molecule has 2 rings (SSSR count). The summed E-state index contributed by atoms with van der Waals surface area (Å²) in [4.78, 5) is 0. The van der Waals surface area contributed by atoms with Crippen LogP contribution in [0.5, 0.6) is 11.5 Å². The molecule has 94 valence electrons. The first-order valence-electron chi connectivity index (χ1n) is 5.84. The summed E-state index contributed by atoms with van der Waals surface area (Å²) in [5, 5.41) is 9.75. The van der Waals surface area contributed by atoms with E-state index in [2.05, 4.69) is 40.7 Å². The van der Waals surface area contributed by atoms with E-state index in [0.717, 1.165) is 24.0 Å². The van der Waals surface area contributed by atoms with Crippen molar-refractivity contribution in [3.05, 3.63) is 52.5 Å². The molecular formula is C15H15BrO2. The molecule has 1 aromatic rings. The Hall–Kier alpha value is -1.48. The van der Waals surface area contributed by atoms with Gasteiger partial charge in [0.1, 0.15) is 22.6 Å². The topological polar surface area (TPSA) is 29.5 Å². The van der Waals surface area contributed by atoms with Gasteiger partial charge in [-0.2, -0.15) is 0 Å². The molecule has 1 aliphatic rings. The van der Waals surface area contributed by atoms with Crippen molar-refractivity contribution >= 4 is 22.0 Å². The lowest BCUT2D eigenvalue weighted by Crippen LogP contribution is -2.02. The average molecular weight is 307 g/mol. The summed E-state index contributed by atoms with van der Waals surface area (Å²) in [5.74, 6) is 0.792. The number of rotatable bonds is 4. The number of phenolic OH excluding ortho intramolecular Hbond substituents is 1. The highest BCUT2D eigenvalue weighted by Crippen LogP contribution is 2.35. The third-order valence-electron chi connectivity index (χ3n) is 2.74. The van der Waals surface area contributed by atoms with E-state index in [4.69, 9.17) is 4.74 Å². The maximum absolute atomic E-state index is 9.75. The van der Waals surface area contributed by atoms with Crippen molar-refractivity contribution in [2.45, 2.75) is 12.8 Å². The highest BCUT2D eigenvalue weighted by Gasteiger charge is 2.09. The van der Waals surface area contributed by atoms with Crippen LogP contribution in [0, 0.1) is 0 Å². The number of allylic oxidation sites excluding steroid dienone is 2. The van der Waals surface area contributed by atoms with E-state index in [0.29, 0.717) is 16.8 Å². The normalized spacial score (nSPS) is 14.2. The van der Waals surface area contributed by atoms with E-state index in [9.17, 15) is 5.11 Å². The largest absolute Gasteiger partial charge is 0.507 e. The van der Waals surface area contributed by atoms with Crippen molar-refractivity contribution in [2.24, 2.45) is 0 Å². The Kier molecular flexibility index (Phi) is 4.26. The van der Waals surface area contributed by atoms with Gasteiger partial charge in [-0.3, -0.25) is 0 Å². The molecule has 0 fully saturated rings. The van der Waals surface area contributed by atoms with Crippen LogP contribution in [0.25, 0.3) is 6.08 Å². The van der Waals surface area contributed by atoms with Gasteiger partial charge in [-0.15, -0.1) is 0 Å². The molecule has 0 radical (unpaired) electrons. The molecule has 1 aliphatic carbocycles. The summed E-state index contributed by atoms with van der Waals surface area (Å²) in [6.45, 7) is 4.20. The van der Waals surface area contributed by atoms with Crippen LogP contribution < -0.4 is 4.74 Å². The van der Waals surface area contributed by atoms with Gasteiger partial charge in [0.15, 0.2) is 0 Å². The molecule has 0 atom stereocenters. The molecule has 18 heavy (non-hydrogen) atoms. The summed E-state index contributed by atoms with van der Waals surface area (Å²) < 4.78 is 6.30. The van der Waals surface area contributed by atoms with E-state index in [1.54, 1.807) is 12.1 Å². The van der Waals surface area contributed by atoms with E-state index in [1.807, 2.05) is 6.07 Å². The van der Waals surface area contributed by atoms with Crippen LogP contribution in [-0.2, 0) is 0 Å². The number of hydrogen-bond acceptors (Lipinski definition) is 2. The van der Waals surface area contributed by atoms with Gasteiger partial charge in [0.25, 0.3) is 0 Å². The molecular weight excluding hydrogens is 292 g/mol. The van der Waals surface area contributed by atoms with Gasteiger partial charge in [0.05, 0.1) is 0 Å². The molecule has 0 saturated carbocycles. The fraction of sp³-hybridized carbons (Fsp3) is 0.200. The number of hydrogen-bond donors (Lipinski definition) is 1. The Labute approximate surface area is 115 Å². The lowest BCUT2D eigenvalue weighted by molar-refractivity contribution is 0.348. The lowest BCUT2D eigenvalue weighted by Gasteiger charge is -2.12. The van der Waals surface area contributed by atoms with Crippen molar-refractivity contribution in [1.82, 2.24) is 0 Å². The second-order valence-electron chi connectivity index (χ2n) is 4.10. The summed E-state index contributed by atoms with van der Waals surface area (Å²) in [7, 11) is 0. The molecule has 1 aromatic carbocycles. The Morgan fingerprint density at radius 2 is 2.22 bits per heavy atom. The van der Waals surface area contributed by atoms with E-state index in [1.165, 1.54) is 0 Å². The number of halogens is 1. The first kappa shape index (κ1) is 13.0. The standard InChI is InChI=1S/C15H15BrO2/c1-2-11-8-13(17)15(16)14(9-11)18-10-12-6-4-3-5-7-12/h2,4,6-9,17H,1,3,5,10H2. The van der Waals surface area contributed by atoms with Crippen LogP contribution in [0.15, 0.2) is 47.0 Å². The molecule has 0 bridgehead atoms. The summed E-state index contributed by atoms with van der Waals surface area (Å²) >= 11 is 3.32. The molecule has 0 aromatic heterocycles. The van der Waals surface area contributed by atoms with E-state index < -0.39 is 0 Å². The molecule has 0 spiro atoms. The SMILES string of the molecule is C=Cc1cc(O)c(Br)c(OCC2=CCCC=C2)c1. The van der Waals surface area contributed by atoms with Gasteiger partial charge >= 0.3 is 0 Å². The third-order valence-corrected chi connectivity index (χ3v) is 3.54. The minimum Gasteiger partial charge on any atom is -0.507 e. The number of phenols is 1. The average Bonchev–Trinajstić information content (AvgIpc) is 2.41. The maximum Gasteiger partial charge on any atom is 0.138 e. The summed E-state index contributed by atoms with van der Waals surface area (Å²) in [6.07, 6.45) is 10.2. The quantitative estimate of drug-likeness (QED) is 0.890. The Balaban J connectivity index is 2.13. The van der Waals surface area contributed by atoms with E-state index >= 15 is 0 Å². The van der Waals surface area contributed by atoms with Crippen LogP contribution in [-0.4, -0.2) is 11.7 Å². The molecule has 0 saturated heterocycles. The van der Waals surface area contributed by atoms with Crippen molar-refractivity contribution < 1.29 is 9.84 Å². The third kappa shape index (κ3) is 3.05. The molecule has 2 nitrogen and oxygen atoms in total. The minimum absolute atomic E-state index is 0.163. The van der Waals surface area contributed by atoms with Crippen molar-refractivity contribution in [2.75, 3.05) is 6.61 Å². The van der Waals surface area contributed by atoms with Gasteiger partial charge in [-0.1, -0.05) is 30.9 Å². The van der Waals surface area contributed by atoms with Gasteiger partial charge in [-0.25, -0.2) is 0 Å². The minimum atomic E-state index is 0.163. The second kappa shape index (κ2) is 5.91. The molecule has 0 heterocycles. The Morgan fingerprint density at radius 1 is 1.39 bits per heavy atom. The van der Waals surface area contributed by atoms with Crippen molar-refractivity contribution in [1.29, 1.82) is 0 Å². The van der Waals surface area contributed by atoms with Crippen molar-refractivity contribution in [3.63, 3.8) is 0 Å². The van der Waals surface area contributed by atoms with Crippen LogP contribution in [0.2, 0.25) is 0 Å². The van der Waals surface area contributed by atoms with Crippen LogP contribution in [0.4, 0.5) is 0 Å². The van der Waals surface area contributed by atoms with Crippen LogP contribution in [0.1, 0.15) is 18.4 Å². The van der Waals surface area contributed by atoms with Gasteiger partial charge < -0.3 is 9.84 Å². The molecule has 0 amide bonds. The first-order valence-corrected chi connectivity index (χ1v) is 6.63. The summed E-state index contributed by atoms with van der Waals surface area (Å²) in [6, 6.07) is 3.49. The fourth-order valence-electron chi connectivity index (χ4n) is 1.76. The first-order chi connectivity index (χ1) is 8.70. The zero-order chi connectivity index (χ0) is 13.0. The molecule has 0 aliphatic heterocycles. The van der Waals surface area contributed by atoms with Crippen LogP contribution in [0.3, 0.4) is 0 Å². The second-order valence-corrected chi connectivity index (χ2v) is 4.90. The monoisotopic (exact) mass is 306 g/mol. The molecule has 3 heteroatoms. The van der Waals surface area contributed by atoms with Crippen molar-refractivity contribution in [3.8, 4) is 11.5 Å². The van der Waals surface area contributed by atoms with E-state index in [-0.39, 0.29) is 5.75 Å². The lowest BCUT2D eigenvalue weighted by atomic mass is 10.1. The zero-order valence-electron chi connectivity index (χ0n) is 10.0. The smallest absolute Gasteiger partial charge is 0.138 e. The number of benzene rings is 1. The summed E-state index contributed by atoms with van der Waals surface area (Å²) in [5.41, 5.74) is 2.00. The highest BCUT2D eigenvalue weighted by molar-refractivity contribution is 9.10. The van der Waals surface area contributed by atoms with Gasteiger partial charge in [0, 0.05) is 0 Å². The maximum atomic E-state index is 9.75. The predicted octanol–water partition coefficient (Wildman–Crippen LogP) is 4.45. The number of aromatic hydroxyl groups is 1. The van der Waals surface area contributed by atoms with Crippen LogP contribution >= 0.6 is 15.9 Å². The molecule has 0 unspecified atom stereocenters. The van der Waals surface area contributed by atoms with Gasteiger partial charge in [-0.05, 0) is 52.0 Å². The molecule has 1 N–H and O–H groups in total. The Bertz CT molecular complexity index is 515. The fourth-order valence-corrected chi connectivity index (χ4v) is 2.11. The highest BCUT2D eigenvalue weighted by atomic mass is 79.9. The predicted molar refractivity (Wildman–Crippen MR) is 77.8 cm³/mol.